The maximum absolute atomic E-state index is 12.2. The fourth-order valence-corrected chi connectivity index (χ4v) is 2.95. The molecule has 0 radical (unpaired) electrons. The maximum atomic E-state index is 12.2. The van der Waals surface area contributed by atoms with Crippen LogP contribution >= 0.6 is 11.6 Å². The highest BCUT2D eigenvalue weighted by atomic mass is 35.5. The molecule has 21 heavy (non-hydrogen) atoms. The summed E-state index contributed by atoms with van der Waals surface area (Å²) in [5, 5.41) is 12.9. The van der Waals surface area contributed by atoms with Crippen LogP contribution in [0.2, 0.25) is 5.02 Å². The highest BCUT2D eigenvalue weighted by molar-refractivity contribution is 6.30. The molecule has 0 spiro atoms. The number of amides is 1. The minimum atomic E-state index is -1.10. The van der Waals surface area contributed by atoms with Gasteiger partial charge in [-0.2, -0.15) is 0 Å². The lowest BCUT2D eigenvalue weighted by atomic mass is 9.90. The van der Waals surface area contributed by atoms with Gasteiger partial charge in [0.2, 0.25) is 5.91 Å². The topological polar surface area (TPSA) is 66.4 Å². The Hall–Kier alpha value is -1.55. The molecule has 0 aliphatic heterocycles. The number of aliphatic carboxylic acids is 1. The molecule has 114 valence electrons. The Morgan fingerprint density at radius 2 is 1.67 bits per heavy atom. The Bertz CT molecular complexity index is 505. The summed E-state index contributed by atoms with van der Waals surface area (Å²) in [4.78, 5) is 23.8. The monoisotopic (exact) mass is 309 g/mol. The summed E-state index contributed by atoms with van der Waals surface area (Å²) in [6, 6.07) is 7.01. The molecule has 5 heteroatoms. The van der Waals surface area contributed by atoms with E-state index in [-0.39, 0.29) is 12.3 Å². The smallest absolute Gasteiger partial charge is 0.329 e. The van der Waals surface area contributed by atoms with E-state index in [9.17, 15) is 14.7 Å². The van der Waals surface area contributed by atoms with Gasteiger partial charge in [0.1, 0.15) is 5.54 Å². The highest BCUT2D eigenvalue weighted by Gasteiger charge is 2.39. The van der Waals surface area contributed by atoms with Crippen molar-refractivity contribution < 1.29 is 14.7 Å². The molecular weight excluding hydrogens is 290 g/mol. The largest absolute Gasteiger partial charge is 0.480 e. The summed E-state index contributed by atoms with van der Waals surface area (Å²) in [7, 11) is 0. The summed E-state index contributed by atoms with van der Waals surface area (Å²) in [6.07, 6.45) is 4.93. The number of carboxylic acids is 1. The van der Waals surface area contributed by atoms with Crippen LogP contribution < -0.4 is 5.32 Å². The molecule has 1 aromatic rings. The van der Waals surface area contributed by atoms with E-state index in [4.69, 9.17) is 11.6 Å². The third-order valence-electron chi connectivity index (χ3n) is 4.02. The second-order valence-electron chi connectivity index (χ2n) is 5.65. The van der Waals surface area contributed by atoms with Gasteiger partial charge in [0, 0.05) is 5.02 Å². The van der Waals surface area contributed by atoms with Crippen LogP contribution in [-0.4, -0.2) is 22.5 Å². The van der Waals surface area contributed by atoms with Crippen molar-refractivity contribution in [2.24, 2.45) is 0 Å². The number of hydrogen-bond acceptors (Lipinski definition) is 2. The zero-order valence-electron chi connectivity index (χ0n) is 11.9. The lowest BCUT2D eigenvalue weighted by Gasteiger charge is -2.29. The van der Waals surface area contributed by atoms with Gasteiger partial charge >= 0.3 is 5.97 Å². The summed E-state index contributed by atoms with van der Waals surface area (Å²) >= 11 is 5.81. The molecule has 2 rings (SSSR count). The van der Waals surface area contributed by atoms with E-state index in [1.807, 2.05) is 0 Å². The highest BCUT2D eigenvalue weighted by Crippen LogP contribution is 2.27. The molecule has 0 heterocycles. The van der Waals surface area contributed by atoms with Crippen molar-refractivity contribution in [3.8, 4) is 0 Å². The zero-order valence-corrected chi connectivity index (χ0v) is 12.7. The average Bonchev–Trinajstić information content (AvgIpc) is 2.68. The fraction of sp³-hybridized carbons (Fsp3) is 0.500. The van der Waals surface area contributed by atoms with Gasteiger partial charge in [0.15, 0.2) is 0 Å². The van der Waals surface area contributed by atoms with Crippen LogP contribution in [0.3, 0.4) is 0 Å². The molecule has 1 saturated carbocycles. The second kappa shape index (κ2) is 6.94. The molecule has 0 unspecified atom stereocenters. The minimum Gasteiger partial charge on any atom is -0.480 e. The van der Waals surface area contributed by atoms with E-state index < -0.39 is 11.5 Å². The van der Waals surface area contributed by atoms with E-state index >= 15 is 0 Å². The molecule has 1 aliphatic rings. The van der Waals surface area contributed by atoms with Crippen LogP contribution in [0.15, 0.2) is 24.3 Å². The van der Waals surface area contributed by atoms with E-state index in [1.165, 1.54) is 0 Å². The molecule has 1 fully saturated rings. The molecule has 2 N–H and O–H groups in total. The van der Waals surface area contributed by atoms with E-state index in [2.05, 4.69) is 5.32 Å². The van der Waals surface area contributed by atoms with Gasteiger partial charge in [-0.1, -0.05) is 49.4 Å². The normalized spacial score (nSPS) is 17.8. The fourth-order valence-electron chi connectivity index (χ4n) is 2.82. The van der Waals surface area contributed by atoms with Crippen molar-refractivity contribution in [3.05, 3.63) is 34.9 Å². The second-order valence-corrected chi connectivity index (χ2v) is 6.09. The first-order valence-electron chi connectivity index (χ1n) is 7.31. The van der Waals surface area contributed by atoms with E-state index in [0.717, 1.165) is 31.2 Å². The third-order valence-corrected chi connectivity index (χ3v) is 4.28. The first-order chi connectivity index (χ1) is 10.0. The molecule has 1 aromatic carbocycles. The predicted octanol–water partition coefficient (Wildman–Crippen LogP) is 3.18. The van der Waals surface area contributed by atoms with E-state index in [0.29, 0.717) is 17.9 Å². The Balaban J connectivity index is 2.04. The van der Waals surface area contributed by atoms with Gasteiger partial charge in [-0.15, -0.1) is 0 Å². The van der Waals surface area contributed by atoms with Crippen molar-refractivity contribution in [2.45, 2.75) is 50.5 Å². The maximum Gasteiger partial charge on any atom is 0.329 e. The molecule has 0 atom stereocenters. The van der Waals surface area contributed by atoms with Crippen molar-refractivity contribution in [3.63, 3.8) is 0 Å². The molecule has 0 saturated heterocycles. The predicted molar refractivity (Wildman–Crippen MR) is 81.4 cm³/mol. The Labute approximate surface area is 129 Å². The molecule has 1 amide bonds. The van der Waals surface area contributed by atoms with Gasteiger partial charge in [-0.3, -0.25) is 4.79 Å². The Morgan fingerprint density at radius 3 is 2.19 bits per heavy atom. The van der Waals surface area contributed by atoms with Crippen LogP contribution in [0.5, 0.6) is 0 Å². The third kappa shape index (κ3) is 4.21. The SMILES string of the molecule is O=C(Cc1ccc(Cl)cc1)NC1(C(=O)O)CCCCCC1. The number of nitrogens with one attached hydrogen (secondary N) is 1. The van der Waals surface area contributed by atoms with Gasteiger partial charge in [0.25, 0.3) is 0 Å². The Morgan fingerprint density at radius 1 is 1.10 bits per heavy atom. The Kier molecular flexibility index (Phi) is 5.23. The van der Waals surface area contributed by atoms with Gasteiger partial charge in [-0.25, -0.2) is 4.79 Å². The van der Waals surface area contributed by atoms with Crippen molar-refractivity contribution in [2.75, 3.05) is 0 Å². The number of halogens is 1. The summed E-state index contributed by atoms with van der Waals surface area (Å²) in [5.41, 5.74) is -0.272. The lowest BCUT2D eigenvalue weighted by Crippen LogP contribution is -2.54. The number of carboxylic acid groups (broad SMARTS) is 1. The van der Waals surface area contributed by atoms with Crippen LogP contribution in [0.1, 0.15) is 44.1 Å². The van der Waals surface area contributed by atoms with Crippen LogP contribution in [0, 0.1) is 0 Å². The summed E-state index contributed by atoms with van der Waals surface area (Å²) < 4.78 is 0. The number of hydrogen-bond donors (Lipinski definition) is 2. The minimum absolute atomic E-state index is 0.173. The van der Waals surface area contributed by atoms with Crippen molar-refractivity contribution in [1.82, 2.24) is 5.32 Å². The number of carbonyl (C=O) groups excluding carboxylic acids is 1. The molecule has 0 aromatic heterocycles. The van der Waals surface area contributed by atoms with Crippen molar-refractivity contribution >= 4 is 23.5 Å². The summed E-state index contributed by atoms with van der Waals surface area (Å²) in [5.74, 6) is -1.17. The van der Waals surface area contributed by atoms with Crippen LogP contribution in [0.25, 0.3) is 0 Å². The van der Waals surface area contributed by atoms with Crippen molar-refractivity contribution in [1.29, 1.82) is 0 Å². The molecule has 1 aliphatic carbocycles. The lowest BCUT2D eigenvalue weighted by molar-refractivity contribution is -0.148. The number of benzene rings is 1. The number of carbonyl (C=O) groups is 2. The molecule has 0 bridgehead atoms. The van der Waals surface area contributed by atoms with Gasteiger partial charge in [-0.05, 0) is 30.5 Å². The van der Waals surface area contributed by atoms with E-state index in [1.54, 1.807) is 24.3 Å². The first kappa shape index (κ1) is 15.8. The molecule has 4 nitrogen and oxygen atoms in total. The zero-order chi connectivity index (χ0) is 15.3. The van der Waals surface area contributed by atoms with Crippen LogP contribution in [-0.2, 0) is 16.0 Å². The van der Waals surface area contributed by atoms with Crippen LogP contribution in [0.4, 0.5) is 0 Å². The number of rotatable bonds is 4. The standard InChI is InChI=1S/C16H20ClNO3/c17-13-7-5-12(6-8-13)11-14(19)18-16(15(20)21)9-3-1-2-4-10-16/h5-8H,1-4,9-11H2,(H,18,19)(H,20,21). The first-order valence-corrected chi connectivity index (χ1v) is 7.68. The molecular formula is C16H20ClNO3. The average molecular weight is 310 g/mol. The van der Waals surface area contributed by atoms with Gasteiger partial charge < -0.3 is 10.4 Å². The quantitative estimate of drug-likeness (QED) is 0.839. The summed E-state index contributed by atoms with van der Waals surface area (Å²) in [6.45, 7) is 0. The van der Waals surface area contributed by atoms with Gasteiger partial charge in [0.05, 0.1) is 6.42 Å².